The average molecular weight is 282 g/mol. The number of hydrogen-bond acceptors (Lipinski definition) is 2. The fourth-order valence-electron chi connectivity index (χ4n) is 2.76. The summed E-state index contributed by atoms with van der Waals surface area (Å²) in [6.07, 6.45) is 3.67. The summed E-state index contributed by atoms with van der Waals surface area (Å²) in [5.74, 6) is -0.0496. The molecule has 0 unspecified atom stereocenters. The molecule has 0 radical (unpaired) electrons. The third kappa shape index (κ3) is 3.43. The van der Waals surface area contributed by atoms with Gasteiger partial charge in [0.05, 0.1) is 6.42 Å². The summed E-state index contributed by atoms with van der Waals surface area (Å²) in [5, 5.41) is 8.73. The molecule has 3 rings (SSSR count). The van der Waals surface area contributed by atoms with Gasteiger partial charge in [0.25, 0.3) is 0 Å². The van der Waals surface area contributed by atoms with E-state index in [4.69, 9.17) is 9.84 Å². The van der Waals surface area contributed by atoms with Crippen LogP contribution in [-0.4, -0.2) is 11.1 Å². The van der Waals surface area contributed by atoms with Gasteiger partial charge in [0.2, 0.25) is 0 Å². The molecule has 0 saturated heterocycles. The minimum atomic E-state index is -0.818. The standard InChI is InChI=1S/C18H18O3/c19-18(20)11-13-5-8-17(9-6-13)21-12-14-4-7-15-2-1-3-16(15)10-14/h4-10H,1-3,11-12H2,(H,19,20). The summed E-state index contributed by atoms with van der Waals surface area (Å²) >= 11 is 0. The summed E-state index contributed by atoms with van der Waals surface area (Å²) in [6, 6.07) is 13.8. The number of rotatable bonds is 5. The maximum atomic E-state index is 10.6. The molecular formula is C18H18O3. The van der Waals surface area contributed by atoms with E-state index in [9.17, 15) is 4.79 Å². The minimum absolute atomic E-state index is 0.0467. The van der Waals surface area contributed by atoms with Crippen molar-refractivity contribution in [2.75, 3.05) is 0 Å². The van der Waals surface area contributed by atoms with Gasteiger partial charge in [-0.2, -0.15) is 0 Å². The van der Waals surface area contributed by atoms with E-state index in [1.54, 1.807) is 12.1 Å². The predicted molar refractivity (Wildman–Crippen MR) is 80.6 cm³/mol. The second kappa shape index (κ2) is 6.00. The van der Waals surface area contributed by atoms with Crippen molar-refractivity contribution in [1.29, 1.82) is 0 Å². The first-order valence-electron chi connectivity index (χ1n) is 7.25. The number of aliphatic carboxylic acids is 1. The number of aryl methyl sites for hydroxylation is 2. The zero-order chi connectivity index (χ0) is 14.7. The van der Waals surface area contributed by atoms with Crippen LogP contribution in [0.5, 0.6) is 5.75 Å². The predicted octanol–water partition coefficient (Wildman–Crippen LogP) is 3.38. The van der Waals surface area contributed by atoms with Crippen molar-refractivity contribution in [3.63, 3.8) is 0 Å². The van der Waals surface area contributed by atoms with Gasteiger partial charge in [0.1, 0.15) is 12.4 Å². The van der Waals surface area contributed by atoms with Crippen molar-refractivity contribution < 1.29 is 14.6 Å². The van der Waals surface area contributed by atoms with Crippen LogP contribution in [0, 0.1) is 0 Å². The van der Waals surface area contributed by atoms with E-state index in [2.05, 4.69) is 18.2 Å². The summed E-state index contributed by atoms with van der Waals surface area (Å²) in [4.78, 5) is 10.6. The number of fused-ring (bicyclic) bond motifs is 1. The van der Waals surface area contributed by atoms with E-state index in [1.165, 1.54) is 36.0 Å². The number of hydrogen-bond donors (Lipinski definition) is 1. The van der Waals surface area contributed by atoms with Gasteiger partial charge in [-0.25, -0.2) is 0 Å². The first-order valence-corrected chi connectivity index (χ1v) is 7.25. The third-order valence-corrected chi connectivity index (χ3v) is 3.85. The number of carboxylic acids is 1. The van der Waals surface area contributed by atoms with Crippen molar-refractivity contribution in [1.82, 2.24) is 0 Å². The molecule has 3 nitrogen and oxygen atoms in total. The van der Waals surface area contributed by atoms with Crippen LogP contribution < -0.4 is 4.74 Å². The summed E-state index contributed by atoms with van der Waals surface area (Å²) in [6.45, 7) is 0.547. The topological polar surface area (TPSA) is 46.5 Å². The van der Waals surface area contributed by atoms with Crippen LogP contribution in [0.15, 0.2) is 42.5 Å². The van der Waals surface area contributed by atoms with Crippen LogP contribution in [0.4, 0.5) is 0 Å². The van der Waals surface area contributed by atoms with Crippen molar-refractivity contribution in [3.05, 3.63) is 64.7 Å². The molecular weight excluding hydrogens is 264 g/mol. The fourth-order valence-corrected chi connectivity index (χ4v) is 2.76. The van der Waals surface area contributed by atoms with Crippen molar-refractivity contribution >= 4 is 5.97 Å². The van der Waals surface area contributed by atoms with Crippen LogP contribution in [0.25, 0.3) is 0 Å². The summed E-state index contributed by atoms with van der Waals surface area (Å²) in [7, 11) is 0. The van der Waals surface area contributed by atoms with Gasteiger partial charge in [-0.3, -0.25) is 4.79 Å². The van der Waals surface area contributed by atoms with Crippen LogP contribution in [-0.2, 0) is 30.7 Å². The number of ether oxygens (including phenoxy) is 1. The highest BCUT2D eigenvalue weighted by atomic mass is 16.5. The lowest BCUT2D eigenvalue weighted by Crippen LogP contribution is -2.00. The maximum absolute atomic E-state index is 10.6. The van der Waals surface area contributed by atoms with Crippen molar-refractivity contribution in [2.24, 2.45) is 0 Å². The molecule has 0 heterocycles. The lowest BCUT2D eigenvalue weighted by molar-refractivity contribution is -0.136. The van der Waals surface area contributed by atoms with Gasteiger partial charge in [-0.15, -0.1) is 0 Å². The Bertz CT molecular complexity index is 644. The Kier molecular flexibility index (Phi) is 3.91. The molecule has 108 valence electrons. The van der Waals surface area contributed by atoms with Gasteiger partial charge in [-0.1, -0.05) is 30.3 Å². The molecule has 1 aliphatic rings. The van der Waals surface area contributed by atoms with Crippen LogP contribution >= 0.6 is 0 Å². The molecule has 0 fully saturated rings. The third-order valence-electron chi connectivity index (χ3n) is 3.85. The van der Waals surface area contributed by atoms with Gasteiger partial charge < -0.3 is 9.84 Å². The minimum Gasteiger partial charge on any atom is -0.489 e. The molecule has 0 atom stereocenters. The highest BCUT2D eigenvalue weighted by Gasteiger charge is 2.10. The Morgan fingerprint density at radius 1 is 1.00 bits per heavy atom. The smallest absolute Gasteiger partial charge is 0.307 e. The molecule has 21 heavy (non-hydrogen) atoms. The molecule has 3 heteroatoms. The molecule has 0 aliphatic heterocycles. The van der Waals surface area contributed by atoms with Crippen molar-refractivity contribution in [2.45, 2.75) is 32.3 Å². The maximum Gasteiger partial charge on any atom is 0.307 e. The highest BCUT2D eigenvalue weighted by Crippen LogP contribution is 2.23. The molecule has 0 saturated carbocycles. The number of carboxylic acid groups (broad SMARTS) is 1. The van der Waals surface area contributed by atoms with E-state index < -0.39 is 5.97 Å². The molecule has 0 bridgehead atoms. The first-order chi connectivity index (χ1) is 10.2. The Morgan fingerprint density at radius 3 is 2.48 bits per heavy atom. The monoisotopic (exact) mass is 282 g/mol. The van der Waals surface area contributed by atoms with E-state index in [0.29, 0.717) is 6.61 Å². The van der Waals surface area contributed by atoms with Gasteiger partial charge in [-0.05, 0) is 53.6 Å². The zero-order valence-electron chi connectivity index (χ0n) is 11.8. The van der Waals surface area contributed by atoms with Gasteiger partial charge >= 0.3 is 5.97 Å². The lowest BCUT2D eigenvalue weighted by atomic mass is 10.1. The number of benzene rings is 2. The Labute approximate surface area is 124 Å². The Morgan fingerprint density at radius 2 is 1.71 bits per heavy atom. The zero-order valence-corrected chi connectivity index (χ0v) is 11.8. The normalized spacial score (nSPS) is 13.0. The molecule has 0 spiro atoms. The summed E-state index contributed by atoms with van der Waals surface area (Å²) < 4.78 is 5.76. The van der Waals surface area contributed by atoms with Crippen LogP contribution in [0.2, 0.25) is 0 Å². The van der Waals surface area contributed by atoms with E-state index in [-0.39, 0.29) is 6.42 Å². The lowest BCUT2D eigenvalue weighted by Gasteiger charge is -2.08. The van der Waals surface area contributed by atoms with Crippen molar-refractivity contribution in [3.8, 4) is 5.75 Å². The molecule has 2 aromatic rings. The quantitative estimate of drug-likeness (QED) is 0.914. The van der Waals surface area contributed by atoms with Crippen LogP contribution in [0.1, 0.15) is 28.7 Å². The van der Waals surface area contributed by atoms with E-state index >= 15 is 0 Å². The fraction of sp³-hybridized carbons (Fsp3) is 0.278. The summed E-state index contributed by atoms with van der Waals surface area (Å²) in [5.41, 5.74) is 4.89. The average Bonchev–Trinajstić information content (AvgIpc) is 2.93. The molecule has 0 amide bonds. The first kappa shape index (κ1) is 13.7. The SMILES string of the molecule is O=C(O)Cc1ccc(OCc2ccc3c(c2)CCC3)cc1. The molecule has 1 N–H and O–H groups in total. The molecule has 1 aliphatic carbocycles. The Hall–Kier alpha value is -2.29. The van der Waals surface area contributed by atoms with Gasteiger partial charge in [0, 0.05) is 0 Å². The van der Waals surface area contributed by atoms with Gasteiger partial charge in [0.15, 0.2) is 0 Å². The Balaban J connectivity index is 1.61. The van der Waals surface area contributed by atoms with E-state index in [1.807, 2.05) is 12.1 Å². The largest absolute Gasteiger partial charge is 0.489 e. The second-order valence-electron chi connectivity index (χ2n) is 5.46. The van der Waals surface area contributed by atoms with Crippen LogP contribution in [0.3, 0.4) is 0 Å². The molecule has 2 aromatic carbocycles. The second-order valence-corrected chi connectivity index (χ2v) is 5.46. The van der Waals surface area contributed by atoms with E-state index in [0.717, 1.165) is 11.3 Å². The number of carbonyl (C=O) groups is 1. The highest BCUT2D eigenvalue weighted by molar-refractivity contribution is 5.70. The molecule has 0 aromatic heterocycles.